The van der Waals surface area contributed by atoms with Crippen LogP contribution in [0.3, 0.4) is 0 Å². The summed E-state index contributed by atoms with van der Waals surface area (Å²) in [6.07, 6.45) is 0.923. The number of rotatable bonds is 1. The molecule has 0 aromatic rings. The third-order valence-corrected chi connectivity index (χ3v) is 1.54. The zero-order chi connectivity index (χ0) is 6.15. The number of carbonyl (C=O) groups excluding carboxylic acids is 1. The molecule has 1 aliphatic heterocycles. The van der Waals surface area contributed by atoms with E-state index in [1.165, 1.54) is 5.01 Å². The third-order valence-electron chi connectivity index (χ3n) is 1.54. The molecule has 8 heavy (non-hydrogen) atoms. The van der Waals surface area contributed by atoms with Crippen LogP contribution < -0.4 is 5.84 Å². The van der Waals surface area contributed by atoms with E-state index in [1.54, 1.807) is 0 Å². The fourth-order valence-corrected chi connectivity index (χ4v) is 0.831. The van der Waals surface area contributed by atoms with E-state index in [1.807, 2.05) is 6.92 Å². The summed E-state index contributed by atoms with van der Waals surface area (Å²) in [5, 5.41) is 1.26. The van der Waals surface area contributed by atoms with E-state index >= 15 is 0 Å². The molecule has 0 bridgehead atoms. The second kappa shape index (κ2) is 1.74. The van der Waals surface area contributed by atoms with Gasteiger partial charge in [0.2, 0.25) is 5.91 Å². The molecule has 0 spiro atoms. The first-order valence-electron chi connectivity index (χ1n) is 2.81. The van der Waals surface area contributed by atoms with Gasteiger partial charge in [-0.3, -0.25) is 9.80 Å². The summed E-state index contributed by atoms with van der Waals surface area (Å²) in [5.41, 5.74) is 0. The van der Waals surface area contributed by atoms with Crippen molar-refractivity contribution >= 4 is 5.91 Å². The summed E-state index contributed by atoms with van der Waals surface area (Å²) < 4.78 is 0. The number of hydrogen-bond acceptors (Lipinski definition) is 2. The van der Waals surface area contributed by atoms with Crippen molar-refractivity contribution in [1.29, 1.82) is 0 Å². The molecule has 0 radical (unpaired) electrons. The molecule has 0 aliphatic carbocycles. The highest BCUT2D eigenvalue weighted by Gasteiger charge is 2.32. The van der Waals surface area contributed by atoms with Gasteiger partial charge in [0.25, 0.3) is 0 Å². The molecule has 3 nitrogen and oxygen atoms in total. The van der Waals surface area contributed by atoms with Crippen molar-refractivity contribution in [3.8, 4) is 0 Å². The van der Waals surface area contributed by atoms with E-state index in [2.05, 4.69) is 0 Å². The maximum atomic E-state index is 10.6. The third kappa shape index (κ3) is 0.591. The average molecular weight is 114 g/mol. The zero-order valence-corrected chi connectivity index (χ0v) is 4.92. The van der Waals surface area contributed by atoms with E-state index in [0.717, 1.165) is 13.0 Å². The first kappa shape index (κ1) is 5.56. The Kier molecular flexibility index (Phi) is 1.21. The van der Waals surface area contributed by atoms with Crippen molar-refractivity contribution in [2.45, 2.75) is 13.3 Å². The lowest BCUT2D eigenvalue weighted by molar-refractivity contribution is -0.148. The molecule has 1 heterocycles. The molecule has 1 aliphatic rings. The second-order valence-electron chi connectivity index (χ2n) is 2.10. The highest BCUT2D eigenvalue weighted by molar-refractivity contribution is 5.83. The number of hydrogen-bond donors (Lipinski definition) is 1. The van der Waals surface area contributed by atoms with Crippen LogP contribution in [0.2, 0.25) is 0 Å². The van der Waals surface area contributed by atoms with Crippen molar-refractivity contribution < 1.29 is 4.79 Å². The number of nitrogens with zero attached hydrogens (tertiary/aromatic N) is 1. The number of amides is 1. The first-order valence-corrected chi connectivity index (χ1v) is 2.81. The van der Waals surface area contributed by atoms with Gasteiger partial charge < -0.3 is 0 Å². The summed E-state index contributed by atoms with van der Waals surface area (Å²) in [7, 11) is 0. The van der Waals surface area contributed by atoms with Crippen LogP contribution in [0.4, 0.5) is 0 Å². The van der Waals surface area contributed by atoms with Gasteiger partial charge >= 0.3 is 0 Å². The lowest BCUT2D eigenvalue weighted by Gasteiger charge is -2.33. The minimum absolute atomic E-state index is 0.0903. The molecular formula is C5H10N2O. The van der Waals surface area contributed by atoms with Crippen molar-refractivity contribution in [2.24, 2.45) is 11.8 Å². The van der Waals surface area contributed by atoms with Crippen LogP contribution >= 0.6 is 0 Å². The van der Waals surface area contributed by atoms with E-state index in [4.69, 9.17) is 5.84 Å². The van der Waals surface area contributed by atoms with Crippen LogP contribution in [0, 0.1) is 5.92 Å². The Morgan fingerprint density at radius 2 is 2.62 bits per heavy atom. The summed E-state index contributed by atoms with van der Waals surface area (Å²) in [4.78, 5) is 10.6. The van der Waals surface area contributed by atoms with Crippen LogP contribution in [-0.2, 0) is 4.79 Å². The number of carbonyl (C=O) groups is 1. The molecule has 1 rings (SSSR count). The summed E-state index contributed by atoms with van der Waals surface area (Å²) in [6, 6.07) is 0. The number of nitrogens with two attached hydrogens (primary N) is 1. The lowest BCUT2D eigenvalue weighted by atomic mass is 9.99. The van der Waals surface area contributed by atoms with Crippen molar-refractivity contribution in [1.82, 2.24) is 5.01 Å². The molecule has 0 aromatic heterocycles. The number of hydrazine groups is 1. The Morgan fingerprint density at radius 1 is 2.00 bits per heavy atom. The highest BCUT2D eigenvalue weighted by Crippen LogP contribution is 2.15. The lowest BCUT2D eigenvalue weighted by Crippen LogP contribution is -2.55. The van der Waals surface area contributed by atoms with Gasteiger partial charge in [-0.05, 0) is 6.42 Å². The van der Waals surface area contributed by atoms with Crippen LogP contribution in [0.5, 0.6) is 0 Å². The summed E-state index contributed by atoms with van der Waals surface area (Å²) in [5.74, 6) is 5.48. The van der Waals surface area contributed by atoms with Crippen molar-refractivity contribution in [3.05, 3.63) is 0 Å². The van der Waals surface area contributed by atoms with Crippen LogP contribution in [0.15, 0.2) is 0 Å². The normalized spacial score (nSPS) is 28.0. The quantitative estimate of drug-likeness (QED) is 0.290. The largest absolute Gasteiger partial charge is 0.280 e. The Bertz CT molecular complexity index is 113. The molecule has 1 atom stereocenters. The predicted molar refractivity (Wildman–Crippen MR) is 29.7 cm³/mol. The molecule has 1 unspecified atom stereocenters. The fraction of sp³-hybridized carbons (Fsp3) is 0.800. The smallest absolute Gasteiger partial charge is 0.241 e. The minimum Gasteiger partial charge on any atom is -0.280 e. The predicted octanol–water partition coefficient (Wildman–Crippen LogP) is -0.271. The SMILES string of the molecule is CCC1CN(N)C1=O. The van der Waals surface area contributed by atoms with Gasteiger partial charge in [0.1, 0.15) is 0 Å². The number of β-lactam (4-membered cyclic amide) rings is 1. The van der Waals surface area contributed by atoms with E-state index in [9.17, 15) is 4.79 Å². The highest BCUT2D eigenvalue weighted by atomic mass is 16.2. The molecular weight excluding hydrogens is 104 g/mol. The Hall–Kier alpha value is -0.570. The second-order valence-corrected chi connectivity index (χ2v) is 2.10. The van der Waals surface area contributed by atoms with Gasteiger partial charge in [-0.2, -0.15) is 0 Å². The molecule has 1 fully saturated rings. The van der Waals surface area contributed by atoms with Gasteiger partial charge in [-0.15, -0.1) is 0 Å². The molecule has 0 aromatic carbocycles. The average Bonchev–Trinajstić information content (AvgIpc) is 1.81. The molecule has 0 saturated carbocycles. The Balaban J connectivity index is 2.36. The topological polar surface area (TPSA) is 46.3 Å². The minimum atomic E-state index is 0.0903. The van der Waals surface area contributed by atoms with Gasteiger partial charge in [-0.1, -0.05) is 6.92 Å². The fourth-order valence-electron chi connectivity index (χ4n) is 0.831. The van der Waals surface area contributed by atoms with Crippen molar-refractivity contribution in [2.75, 3.05) is 6.54 Å². The molecule has 2 N–H and O–H groups in total. The van der Waals surface area contributed by atoms with E-state index < -0.39 is 0 Å². The first-order chi connectivity index (χ1) is 3.75. The van der Waals surface area contributed by atoms with E-state index in [-0.39, 0.29) is 11.8 Å². The van der Waals surface area contributed by atoms with Crippen molar-refractivity contribution in [3.63, 3.8) is 0 Å². The summed E-state index contributed by atoms with van der Waals surface area (Å²) >= 11 is 0. The van der Waals surface area contributed by atoms with Gasteiger partial charge in [0.15, 0.2) is 0 Å². The molecule has 3 heteroatoms. The van der Waals surface area contributed by atoms with Crippen LogP contribution in [-0.4, -0.2) is 17.5 Å². The standard InChI is InChI=1S/C5H10N2O/c1-2-4-3-7(6)5(4)8/h4H,2-3,6H2,1H3. The Labute approximate surface area is 48.4 Å². The van der Waals surface area contributed by atoms with E-state index in [0.29, 0.717) is 0 Å². The molecule has 1 saturated heterocycles. The van der Waals surface area contributed by atoms with Gasteiger partial charge in [0.05, 0.1) is 5.92 Å². The maximum absolute atomic E-state index is 10.6. The molecule has 46 valence electrons. The maximum Gasteiger partial charge on any atom is 0.241 e. The Morgan fingerprint density at radius 3 is 2.75 bits per heavy atom. The van der Waals surface area contributed by atoms with Crippen LogP contribution in [0.25, 0.3) is 0 Å². The monoisotopic (exact) mass is 114 g/mol. The molecule has 1 amide bonds. The van der Waals surface area contributed by atoms with Crippen LogP contribution in [0.1, 0.15) is 13.3 Å². The van der Waals surface area contributed by atoms with Gasteiger partial charge in [0, 0.05) is 6.54 Å². The zero-order valence-electron chi connectivity index (χ0n) is 4.92. The summed E-state index contributed by atoms with van der Waals surface area (Å²) in [6.45, 7) is 2.74. The van der Waals surface area contributed by atoms with Gasteiger partial charge in [-0.25, -0.2) is 5.84 Å².